The molecule has 1 heterocycles. The van der Waals surface area contributed by atoms with E-state index in [-0.39, 0.29) is 30.0 Å². The number of ether oxygens (including phenoxy) is 3. The van der Waals surface area contributed by atoms with Crippen molar-refractivity contribution in [3.8, 4) is 11.5 Å². The Kier molecular flexibility index (Phi) is 7.36. The molecule has 1 aromatic carbocycles. The van der Waals surface area contributed by atoms with Crippen molar-refractivity contribution in [1.29, 1.82) is 0 Å². The average molecular weight is 392 g/mol. The minimum atomic E-state index is -0.701. The summed E-state index contributed by atoms with van der Waals surface area (Å²) in [5.41, 5.74) is 0.460. The summed E-state index contributed by atoms with van der Waals surface area (Å²) in [7, 11) is 1.43. The van der Waals surface area contributed by atoms with E-state index in [2.05, 4.69) is 0 Å². The molecule has 1 aliphatic rings. The van der Waals surface area contributed by atoms with Crippen LogP contribution in [0.25, 0.3) is 0 Å². The standard InChI is InChI=1S/C19H24N2O7/c1-13(22)15-4-5-16(17(10-15)26-3)27-12-19(25)28-11-18(24)21-8-6-20(7-9-21)14(2)23/h4-5,10H,6-9,11-12H2,1-3H3. The molecule has 1 fully saturated rings. The number of ketones is 1. The van der Waals surface area contributed by atoms with Crippen LogP contribution in [0.4, 0.5) is 0 Å². The minimum Gasteiger partial charge on any atom is -0.493 e. The van der Waals surface area contributed by atoms with E-state index < -0.39 is 12.6 Å². The largest absolute Gasteiger partial charge is 0.493 e. The molecule has 2 amide bonds. The number of esters is 1. The van der Waals surface area contributed by atoms with Crippen molar-refractivity contribution in [2.45, 2.75) is 13.8 Å². The van der Waals surface area contributed by atoms with E-state index in [9.17, 15) is 19.2 Å². The molecule has 0 aromatic heterocycles. The second-order valence-electron chi connectivity index (χ2n) is 6.26. The number of methoxy groups -OCH3 is 1. The summed E-state index contributed by atoms with van der Waals surface area (Å²) in [4.78, 5) is 49.9. The number of Topliss-reactive ketones (excluding diaryl/α,β-unsaturated/α-hetero) is 1. The number of benzene rings is 1. The molecule has 1 saturated heterocycles. The third-order valence-corrected chi connectivity index (χ3v) is 4.35. The van der Waals surface area contributed by atoms with E-state index in [1.807, 2.05) is 0 Å². The molecule has 0 N–H and O–H groups in total. The summed E-state index contributed by atoms with van der Waals surface area (Å²) in [5.74, 6) is -0.557. The van der Waals surface area contributed by atoms with Crippen LogP contribution in [0.1, 0.15) is 24.2 Å². The summed E-state index contributed by atoms with van der Waals surface area (Å²) in [6, 6.07) is 4.62. The summed E-state index contributed by atoms with van der Waals surface area (Å²) in [5, 5.41) is 0. The van der Waals surface area contributed by atoms with Gasteiger partial charge in [-0.1, -0.05) is 0 Å². The second-order valence-corrected chi connectivity index (χ2v) is 6.26. The molecule has 0 saturated carbocycles. The molecule has 0 radical (unpaired) electrons. The van der Waals surface area contributed by atoms with Crippen molar-refractivity contribution in [1.82, 2.24) is 9.80 Å². The van der Waals surface area contributed by atoms with Gasteiger partial charge in [0.1, 0.15) is 0 Å². The molecule has 0 aliphatic carbocycles. The number of piperazine rings is 1. The van der Waals surface area contributed by atoms with Gasteiger partial charge in [-0.2, -0.15) is 0 Å². The highest BCUT2D eigenvalue weighted by Crippen LogP contribution is 2.28. The van der Waals surface area contributed by atoms with Crippen molar-refractivity contribution in [2.24, 2.45) is 0 Å². The Labute approximate surface area is 163 Å². The lowest BCUT2D eigenvalue weighted by Crippen LogP contribution is -2.51. The van der Waals surface area contributed by atoms with E-state index in [0.29, 0.717) is 37.5 Å². The third kappa shape index (κ3) is 5.70. The number of hydrogen-bond donors (Lipinski definition) is 0. The van der Waals surface area contributed by atoms with Gasteiger partial charge < -0.3 is 24.0 Å². The molecule has 2 rings (SSSR count). The molecule has 0 unspecified atom stereocenters. The first kappa shape index (κ1) is 21.2. The summed E-state index contributed by atoms with van der Waals surface area (Å²) < 4.78 is 15.5. The van der Waals surface area contributed by atoms with E-state index in [4.69, 9.17) is 14.2 Å². The molecule has 9 nitrogen and oxygen atoms in total. The maximum Gasteiger partial charge on any atom is 0.344 e. The highest BCUT2D eigenvalue weighted by atomic mass is 16.6. The summed E-state index contributed by atoms with van der Waals surface area (Å²) in [6.07, 6.45) is 0. The van der Waals surface area contributed by atoms with Gasteiger partial charge in [-0.15, -0.1) is 0 Å². The van der Waals surface area contributed by atoms with Crippen molar-refractivity contribution in [2.75, 3.05) is 46.5 Å². The Morgan fingerprint density at radius 3 is 2.14 bits per heavy atom. The van der Waals surface area contributed by atoms with Gasteiger partial charge in [-0.05, 0) is 25.1 Å². The van der Waals surface area contributed by atoms with Gasteiger partial charge in [0, 0.05) is 38.7 Å². The Balaban J connectivity index is 1.78. The Bertz CT molecular complexity index is 755. The van der Waals surface area contributed by atoms with Gasteiger partial charge >= 0.3 is 5.97 Å². The van der Waals surface area contributed by atoms with E-state index in [1.165, 1.54) is 33.1 Å². The van der Waals surface area contributed by atoms with Crippen molar-refractivity contribution in [3.63, 3.8) is 0 Å². The van der Waals surface area contributed by atoms with Crippen molar-refractivity contribution < 1.29 is 33.4 Å². The predicted molar refractivity (Wildman–Crippen MR) is 98.3 cm³/mol. The fourth-order valence-corrected chi connectivity index (χ4v) is 2.69. The summed E-state index contributed by atoms with van der Waals surface area (Å²) in [6.45, 7) is 3.89. The Morgan fingerprint density at radius 1 is 0.929 bits per heavy atom. The molecule has 0 bridgehead atoms. The number of rotatable bonds is 7. The van der Waals surface area contributed by atoms with Crippen molar-refractivity contribution >= 4 is 23.6 Å². The van der Waals surface area contributed by atoms with Crippen LogP contribution in [0.15, 0.2) is 18.2 Å². The lowest BCUT2D eigenvalue weighted by molar-refractivity contribution is -0.154. The quantitative estimate of drug-likeness (QED) is 0.492. The molecular weight excluding hydrogens is 368 g/mol. The van der Waals surface area contributed by atoms with Crippen LogP contribution in [0.3, 0.4) is 0 Å². The average Bonchev–Trinajstić information content (AvgIpc) is 2.70. The van der Waals surface area contributed by atoms with Gasteiger partial charge in [-0.3, -0.25) is 14.4 Å². The number of carbonyl (C=O) groups excluding carboxylic acids is 4. The SMILES string of the molecule is COc1cc(C(C)=O)ccc1OCC(=O)OCC(=O)N1CCN(C(C)=O)CC1. The van der Waals surface area contributed by atoms with E-state index >= 15 is 0 Å². The molecule has 1 aliphatic heterocycles. The van der Waals surface area contributed by atoms with Crippen LogP contribution in [0.2, 0.25) is 0 Å². The minimum absolute atomic E-state index is 0.0255. The van der Waals surface area contributed by atoms with Crippen LogP contribution in [-0.2, 0) is 19.1 Å². The lowest BCUT2D eigenvalue weighted by atomic mass is 10.1. The van der Waals surface area contributed by atoms with E-state index in [1.54, 1.807) is 15.9 Å². The first-order chi connectivity index (χ1) is 13.3. The number of carbonyl (C=O) groups is 4. The van der Waals surface area contributed by atoms with Crippen LogP contribution in [0.5, 0.6) is 11.5 Å². The van der Waals surface area contributed by atoms with Gasteiger partial charge in [0.2, 0.25) is 5.91 Å². The molecule has 1 aromatic rings. The van der Waals surface area contributed by atoms with Crippen molar-refractivity contribution in [3.05, 3.63) is 23.8 Å². The van der Waals surface area contributed by atoms with E-state index in [0.717, 1.165) is 0 Å². The molecule has 28 heavy (non-hydrogen) atoms. The maximum atomic E-state index is 12.1. The second kappa shape index (κ2) is 9.72. The Morgan fingerprint density at radius 2 is 1.57 bits per heavy atom. The molecule has 152 valence electrons. The smallest absolute Gasteiger partial charge is 0.344 e. The zero-order valence-corrected chi connectivity index (χ0v) is 16.2. The van der Waals surface area contributed by atoms with Gasteiger partial charge in [0.05, 0.1) is 7.11 Å². The normalized spacial score (nSPS) is 13.7. The van der Waals surface area contributed by atoms with Crippen LogP contribution in [0, 0.1) is 0 Å². The van der Waals surface area contributed by atoms with Gasteiger partial charge in [0.15, 0.2) is 30.5 Å². The predicted octanol–water partition coefficient (Wildman–Crippen LogP) is 0.511. The van der Waals surface area contributed by atoms with Crippen LogP contribution < -0.4 is 9.47 Å². The molecule has 0 atom stereocenters. The number of hydrogen-bond acceptors (Lipinski definition) is 7. The highest BCUT2D eigenvalue weighted by Gasteiger charge is 2.23. The molecular formula is C19H24N2O7. The van der Waals surface area contributed by atoms with Crippen LogP contribution in [-0.4, -0.2) is 79.9 Å². The highest BCUT2D eigenvalue weighted by molar-refractivity contribution is 5.94. The summed E-state index contributed by atoms with van der Waals surface area (Å²) >= 11 is 0. The number of amides is 2. The maximum absolute atomic E-state index is 12.1. The molecule has 9 heteroatoms. The third-order valence-electron chi connectivity index (χ3n) is 4.35. The number of nitrogens with zero attached hydrogens (tertiary/aromatic N) is 2. The zero-order valence-electron chi connectivity index (χ0n) is 16.2. The fourth-order valence-electron chi connectivity index (χ4n) is 2.69. The first-order valence-electron chi connectivity index (χ1n) is 8.82. The lowest BCUT2D eigenvalue weighted by Gasteiger charge is -2.34. The van der Waals surface area contributed by atoms with Crippen LogP contribution >= 0.6 is 0 Å². The van der Waals surface area contributed by atoms with Gasteiger partial charge in [-0.25, -0.2) is 4.79 Å². The fraction of sp³-hybridized carbons (Fsp3) is 0.474. The topological polar surface area (TPSA) is 102 Å². The first-order valence-corrected chi connectivity index (χ1v) is 8.82. The monoisotopic (exact) mass is 392 g/mol. The molecule has 0 spiro atoms. The Hall–Kier alpha value is -3.10. The zero-order chi connectivity index (χ0) is 20.7. The van der Waals surface area contributed by atoms with Gasteiger partial charge in [0.25, 0.3) is 5.91 Å².